The van der Waals surface area contributed by atoms with E-state index in [-0.39, 0.29) is 17.9 Å². The van der Waals surface area contributed by atoms with Crippen LogP contribution in [0, 0.1) is 17.8 Å². The van der Waals surface area contributed by atoms with Gasteiger partial charge in [-0.1, -0.05) is 48.4 Å². The molecule has 5 nitrogen and oxygen atoms in total. The van der Waals surface area contributed by atoms with Gasteiger partial charge in [0.25, 0.3) is 5.91 Å². The van der Waals surface area contributed by atoms with E-state index in [1.165, 1.54) is 16.7 Å². The molecule has 2 aliphatic rings. The van der Waals surface area contributed by atoms with Crippen LogP contribution >= 0.6 is 0 Å². The molecule has 0 unspecified atom stereocenters. The number of amides is 1. The number of carbonyl (C=O) groups is 1. The first kappa shape index (κ1) is 26.0. The second kappa shape index (κ2) is 11.4. The van der Waals surface area contributed by atoms with Crippen LogP contribution in [0.2, 0.25) is 0 Å². The number of aromatic nitrogens is 1. The van der Waals surface area contributed by atoms with Crippen LogP contribution in [-0.2, 0) is 29.5 Å². The number of rotatable bonds is 8. The van der Waals surface area contributed by atoms with Gasteiger partial charge in [-0.2, -0.15) is 0 Å². The molecule has 3 aromatic rings. The standard InChI is InChI=1S/C33H36N2O3/c1-2-16-32(37)17-18-33(22-25-8-4-3-5-9-25)27(23-32)12-11-26-21-29(13-14-30(26)33)38-24-31(36)35-20-15-28-10-6-7-19-34-28/h3-10,13-14,19,21,27,37H,11-12,15,17-18,20,22-24H2,1H3,(H,35,36)/t27-,32-,33+/m1/s1. The number of aliphatic hydroxyl groups is 1. The van der Waals surface area contributed by atoms with Crippen LogP contribution in [0.15, 0.2) is 72.9 Å². The van der Waals surface area contributed by atoms with Crippen LogP contribution in [0.3, 0.4) is 0 Å². The fourth-order valence-electron chi connectivity index (χ4n) is 6.46. The molecule has 0 spiro atoms. The van der Waals surface area contributed by atoms with Crippen LogP contribution in [0.4, 0.5) is 0 Å². The summed E-state index contributed by atoms with van der Waals surface area (Å²) in [7, 11) is 0. The van der Waals surface area contributed by atoms with Crippen LogP contribution in [0.5, 0.6) is 5.75 Å². The lowest BCUT2D eigenvalue weighted by Gasteiger charge is -2.52. The summed E-state index contributed by atoms with van der Waals surface area (Å²) in [6, 6.07) is 22.8. The smallest absolute Gasteiger partial charge is 0.257 e. The molecule has 2 aromatic carbocycles. The molecular formula is C33H36N2O3. The van der Waals surface area contributed by atoms with E-state index in [2.05, 4.69) is 64.6 Å². The van der Waals surface area contributed by atoms with E-state index in [1.807, 2.05) is 31.2 Å². The Balaban J connectivity index is 1.29. The van der Waals surface area contributed by atoms with Crippen LogP contribution in [0.1, 0.15) is 55.0 Å². The minimum absolute atomic E-state index is 0.0124. The molecule has 0 radical (unpaired) electrons. The lowest BCUT2D eigenvalue weighted by Crippen LogP contribution is -2.50. The highest BCUT2D eigenvalue weighted by atomic mass is 16.5. The third-order valence-corrected chi connectivity index (χ3v) is 8.24. The van der Waals surface area contributed by atoms with Crippen molar-refractivity contribution in [1.29, 1.82) is 0 Å². The van der Waals surface area contributed by atoms with Crippen molar-refractivity contribution in [1.82, 2.24) is 10.3 Å². The van der Waals surface area contributed by atoms with Crippen molar-refractivity contribution >= 4 is 5.91 Å². The molecule has 1 fully saturated rings. The van der Waals surface area contributed by atoms with Crippen LogP contribution < -0.4 is 10.1 Å². The minimum atomic E-state index is -0.899. The number of nitrogens with one attached hydrogen (secondary N) is 1. The van der Waals surface area contributed by atoms with E-state index in [9.17, 15) is 9.90 Å². The van der Waals surface area contributed by atoms with E-state index in [1.54, 1.807) is 6.20 Å². The monoisotopic (exact) mass is 508 g/mol. The molecule has 0 aliphatic heterocycles. The van der Waals surface area contributed by atoms with E-state index >= 15 is 0 Å². The zero-order chi connectivity index (χ0) is 26.4. The maximum atomic E-state index is 12.4. The highest BCUT2D eigenvalue weighted by Gasteiger charge is 2.51. The van der Waals surface area contributed by atoms with Crippen molar-refractivity contribution in [3.63, 3.8) is 0 Å². The van der Waals surface area contributed by atoms with Gasteiger partial charge in [-0.25, -0.2) is 0 Å². The molecule has 38 heavy (non-hydrogen) atoms. The predicted molar refractivity (Wildman–Crippen MR) is 149 cm³/mol. The number of carbonyl (C=O) groups excluding carboxylic acids is 1. The van der Waals surface area contributed by atoms with Gasteiger partial charge in [0.2, 0.25) is 0 Å². The van der Waals surface area contributed by atoms with Crippen molar-refractivity contribution in [2.24, 2.45) is 5.92 Å². The molecule has 5 heteroatoms. The van der Waals surface area contributed by atoms with Crippen molar-refractivity contribution in [3.8, 4) is 17.6 Å². The lowest BCUT2D eigenvalue weighted by atomic mass is 9.52. The Kier molecular flexibility index (Phi) is 7.81. The Labute approximate surface area is 225 Å². The second-order valence-corrected chi connectivity index (χ2v) is 10.7. The van der Waals surface area contributed by atoms with Crippen molar-refractivity contribution in [2.45, 2.75) is 62.9 Å². The number of nitrogens with zero attached hydrogens (tertiary/aromatic N) is 1. The van der Waals surface area contributed by atoms with Crippen molar-refractivity contribution in [2.75, 3.05) is 13.2 Å². The number of fused-ring (bicyclic) bond motifs is 3. The summed E-state index contributed by atoms with van der Waals surface area (Å²) in [5.41, 5.74) is 3.98. The molecule has 1 aromatic heterocycles. The molecule has 1 amide bonds. The average Bonchev–Trinajstić information content (AvgIpc) is 2.93. The molecule has 0 saturated heterocycles. The summed E-state index contributed by atoms with van der Waals surface area (Å²) >= 11 is 0. The number of hydrogen-bond donors (Lipinski definition) is 2. The van der Waals surface area contributed by atoms with Gasteiger partial charge in [0.15, 0.2) is 6.61 Å². The lowest BCUT2D eigenvalue weighted by molar-refractivity contribution is -0.123. The third-order valence-electron chi connectivity index (χ3n) is 8.24. The fraction of sp³-hybridized carbons (Fsp3) is 0.394. The Morgan fingerprint density at radius 2 is 1.97 bits per heavy atom. The van der Waals surface area contributed by atoms with E-state index in [4.69, 9.17) is 4.74 Å². The molecular weight excluding hydrogens is 472 g/mol. The first-order valence-electron chi connectivity index (χ1n) is 13.6. The summed E-state index contributed by atoms with van der Waals surface area (Å²) in [6.07, 6.45) is 7.60. The summed E-state index contributed by atoms with van der Waals surface area (Å²) in [5, 5.41) is 14.1. The average molecular weight is 509 g/mol. The number of ether oxygens (including phenoxy) is 1. The van der Waals surface area contributed by atoms with E-state index in [0.717, 1.165) is 37.1 Å². The van der Waals surface area contributed by atoms with Gasteiger partial charge >= 0.3 is 0 Å². The van der Waals surface area contributed by atoms with Gasteiger partial charge in [0.05, 0.1) is 0 Å². The molecule has 2 N–H and O–H groups in total. The van der Waals surface area contributed by atoms with Crippen LogP contribution in [0.25, 0.3) is 0 Å². The first-order valence-corrected chi connectivity index (χ1v) is 13.6. The highest BCUT2D eigenvalue weighted by Crippen LogP contribution is 2.54. The zero-order valence-corrected chi connectivity index (χ0v) is 22.1. The molecule has 2 aliphatic carbocycles. The van der Waals surface area contributed by atoms with Gasteiger partial charge in [0.1, 0.15) is 11.4 Å². The normalized spacial score (nSPS) is 23.8. The number of hydrogen-bond acceptors (Lipinski definition) is 4. The Bertz CT molecular complexity index is 1310. The van der Waals surface area contributed by atoms with Gasteiger partial charge in [-0.05, 0) is 92.3 Å². The van der Waals surface area contributed by atoms with Crippen LogP contribution in [-0.4, -0.2) is 34.8 Å². The number of benzene rings is 2. The maximum Gasteiger partial charge on any atom is 0.257 e. The van der Waals surface area contributed by atoms with Gasteiger partial charge in [-0.3, -0.25) is 9.78 Å². The quantitative estimate of drug-likeness (QED) is 0.429. The topological polar surface area (TPSA) is 71.5 Å². The largest absolute Gasteiger partial charge is 0.484 e. The Hall–Kier alpha value is -3.62. The fourth-order valence-corrected chi connectivity index (χ4v) is 6.46. The highest BCUT2D eigenvalue weighted by molar-refractivity contribution is 5.77. The summed E-state index contributed by atoms with van der Waals surface area (Å²) < 4.78 is 5.90. The summed E-state index contributed by atoms with van der Waals surface area (Å²) in [4.78, 5) is 16.6. The van der Waals surface area contributed by atoms with Crippen molar-refractivity contribution < 1.29 is 14.6 Å². The van der Waals surface area contributed by atoms with Gasteiger partial charge in [0, 0.05) is 30.3 Å². The third kappa shape index (κ3) is 5.76. The van der Waals surface area contributed by atoms with Gasteiger partial charge < -0.3 is 15.2 Å². The first-order chi connectivity index (χ1) is 18.5. The van der Waals surface area contributed by atoms with E-state index in [0.29, 0.717) is 31.7 Å². The number of aryl methyl sites for hydroxylation is 1. The second-order valence-electron chi connectivity index (χ2n) is 10.7. The SMILES string of the molecule is CC#C[C@@]1(O)CC[C@@]2(Cc3ccccc3)c3ccc(OCC(=O)NCCc4ccccn4)cc3CC[C@@H]2C1. The van der Waals surface area contributed by atoms with Crippen molar-refractivity contribution in [3.05, 3.63) is 95.3 Å². The molecule has 1 heterocycles. The maximum absolute atomic E-state index is 12.4. The van der Waals surface area contributed by atoms with Gasteiger partial charge in [-0.15, -0.1) is 5.92 Å². The molecule has 0 bridgehead atoms. The Morgan fingerprint density at radius 1 is 1.13 bits per heavy atom. The zero-order valence-electron chi connectivity index (χ0n) is 22.1. The summed E-state index contributed by atoms with van der Waals surface area (Å²) in [6.45, 7) is 2.32. The molecule has 3 atom stereocenters. The molecule has 5 rings (SSSR count). The molecule has 196 valence electrons. The van der Waals surface area contributed by atoms with E-state index < -0.39 is 5.60 Å². The molecule has 1 saturated carbocycles. The predicted octanol–water partition coefficient (Wildman–Crippen LogP) is 4.80. The summed E-state index contributed by atoms with van der Waals surface area (Å²) in [5.74, 6) is 7.00. The Morgan fingerprint density at radius 3 is 2.76 bits per heavy atom. The number of pyridine rings is 1. The minimum Gasteiger partial charge on any atom is -0.484 e.